The summed E-state index contributed by atoms with van der Waals surface area (Å²) in [6, 6.07) is 14.7. The van der Waals surface area contributed by atoms with Crippen LogP contribution in [0.2, 0.25) is 0 Å². The van der Waals surface area contributed by atoms with Gasteiger partial charge in [-0.15, -0.1) is 0 Å². The van der Waals surface area contributed by atoms with Crippen LogP contribution in [0.1, 0.15) is 10.4 Å². The third-order valence-corrected chi connectivity index (χ3v) is 4.11. The van der Waals surface area contributed by atoms with E-state index in [1.165, 1.54) is 6.20 Å². The van der Waals surface area contributed by atoms with Gasteiger partial charge in [0.05, 0.1) is 37.2 Å². The summed E-state index contributed by atoms with van der Waals surface area (Å²) in [4.78, 5) is 19.4. The minimum absolute atomic E-state index is 0.419. The number of rotatable bonds is 3. The summed E-state index contributed by atoms with van der Waals surface area (Å²) in [7, 11) is 3.23. The molecule has 4 rings (SSSR count). The van der Waals surface area contributed by atoms with Gasteiger partial charge in [-0.05, 0) is 30.3 Å². The number of benzene rings is 2. The van der Waals surface area contributed by atoms with Crippen LogP contribution in [0.15, 0.2) is 60.9 Å². The van der Waals surface area contributed by atoms with Crippen LogP contribution >= 0.6 is 0 Å². The quantitative estimate of drug-likeness (QED) is 0.568. The van der Waals surface area contributed by atoms with Crippen LogP contribution in [0.4, 0.5) is 5.69 Å². The monoisotopic (exact) mass is 376 g/mol. The molecule has 142 valence electrons. The summed E-state index contributed by atoms with van der Waals surface area (Å²) < 4.78 is 10.4. The summed E-state index contributed by atoms with van der Waals surface area (Å²) in [5.41, 5.74) is 13.2. The number of amides is 1. The number of nitrogen functional groups attached to an aromatic ring is 1. The number of hydrogen-bond donors (Lipinski definition) is 2. The minimum Gasteiger partial charge on any atom is -0.493 e. The van der Waals surface area contributed by atoms with Crippen LogP contribution in [0.5, 0.6) is 11.5 Å². The van der Waals surface area contributed by atoms with Crippen molar-refractivity contribution in [2.45, 2.75) is 0 Å². The molecule has 2 heterocycles. The zero-order valence-electron chi connectivity index (χ0n) is 15.5. The van der Waals surface area contributed by atoms with E-state index in [4.69, 9.17) is 20.9 Å². The van der Waals surface area contributed by atoms with Crippen LogP contribution in [0.3, 0.4) is 0 Å². The lowest BCUT2D eigenvalue weighted by molar-refractivity contribution is 0.100. The van der Waals surface area contributed by atoms with Crippen LogP contribution < -0.4 is 20.9 Å². The first-order chi connectivity index (χ1) is 13.5. The molecule has 0 aliphatic carbocycles. The number of pyridine rings is 2. The van der Waals surface area contributed by atoms with Gasteiger partial charge in [0.2, 0.25) is 0 Å². The Morgan fingerprint density at radius 1 is 0.929 bits per heavy atom. The lowest BCUT2D eigenvalue weighted by Gasteiger charge is -2.09. The average molecular weight is 376 g/mol. The normalized spacial score (nSPS) is 10.2. The molecular weight excluding hydrogens is 356 g/mol. The highest BCUT2D eigenvalue weighted by atomic mass is 16.5. The fourth-order valence-corrected chi connectivity index (χ4v) is 2.83. The molecular formula is C21H20N4O3. The highest BCUT2D eigenvalue weighted by Gasteiger charge is 2.08. The first kappa shape index (κ1) is 18.9. The number of carbonyl (C=O) groups excluding carboxylic acids is 1. The molecule has 0 unspecified atom stereocenters. The molecule has 7 nitrogen and oxygen atoms in total. The minimum atomic E-state index is -0.479. The zero-order valence-corrected chi connectivity index (χ0v) is 15.5. The van der Waals surface area contributed by atoms with Gasteiger partial charge in [-0.3, -0.25) is 14.8 Å². The molecule has 1 amide bonds. The van der Waals surface area contributed by atoms with Crippen molar-refractivity contribution in [3.8, 4) is 11.5 Å². The second-order valence-electron chi connectivity index (χ2n) is 5.89. The summed E-state index contributed by atoms with van der Waals surface area (Å²) in [6.45, 7) is 0. The highest BCUT2D eigenvalue weighted by molar-refractivity contribution is 6.05. The maximum absolute atomic E-state index is 11.1. The van der Waals surface area contributed by atoms with Gasteiger partial charge in [-0.2, -0.15) is 0 Å². The molecule has 0 atom stereocenters. The number of nitrogens with zero attached hydrogens (tertiary/aromatic N) is 2. The topological polar surface area (TPSA) is 113 Å². The fraction of sp³-hybridized carbons (Fsp3) is 0.0952. The number of hydrogen-bond acceptors (Lipinski definition) is 6. The van der Waals surface area contributed by atoms with Gasteiger partial charge in [0.15, 0.2) is 11.5 Å². The van der Waals surface area contributed by atoms with Crippen LogP contribution in [-0.2, 0) is 0 Å². The largest absolute Gasteiger partial charge is 0.493 e. The Hall–Kier alpha value is -3.87. The SMILES string of the molecule is COc1ccc2cccnc2c1OC.NC(=O)c1cccc2cc(N)cnc12. The molecule has 4 N–H and O–H groups in total. The molecule has 2 aromatic heterocycles. The molecule has 4 aromatic rings. The Morgan fingerprint density at radius 2 is 1.71 bits per heavy atom. The molecule has 0 spiro atoms. The third-order valence-electron chi connectivity index (χ3n) is 4.11. The van der Waals surface area contributed by atoms with Crippen molar-refractivity contribution in [1.29, 1.82) is 0 Å². The van der Waals surface area contributed by atoms with Crippen molar-refractivity contribution in [1.82, 2.24) is 9.97 Å². The molecule has 0 aliphatic heterocycles. The smallest absolute Gasteiger partial charge is 0.250 e. The number of nitrogens with two attached hydrogens (primary N) is 2. The summed E-state index contributed by atoms with van der Waals surface area (Å²) in [5, 5.41) is 1.87. The van der Waals surface area contributed by atoms with Crippen molar-refractivity contribution < 1.29 is 14.3 Å². The van der Waals surface area contributed by atoms with Crippen molar-refractivity contribution >= 4 is 33.4 Å². The van der Waals surface area contributed by atoms with E-state index in [1.54, 1.807) is 38.6 Å². The molecule has 2 aromatic carbocycles. The molecule has 0 aliphatic rings. The number of methoxy groups -OCH3 is 2. The number of ether oxygens (including phenoxy) is 2. The Labute approximate surface area is 161 Å². The van der Waals surface area contributed by atoms with Gasteiger partial charge in [0, 0.05) is 17.0 Å². The third kappa shape index (κ3) is 3.78. The van der Waals surface area contributed by atoms with Crippen LogP contribution in [-0.4, -0.2) is 30.1 Å². The van der Waals surface area contributed by atoms with Crippen molar-refractivity contribution in [2.24, 2.45) is 5.73 Å². The number of fused-ring (bicyclic) bond motifs is 2. The van der Waals surface area contributed by atoms with E-state index in [2.05, 4.69) is 9.97 Å². The van der Waals surface area contributed by atoms with Gasteiger partial charge in [0.25, 0.3) is 5.91 Å². The van der Waals surface area contributed by atoms with Gasteiger partial charge in [-0.1, -0.05) is 18.2 Å². The predicted molar refractivity (Wildman–Crippen MR) is 110 cm³/mol. The van der Waals surface area contributed by atoms with E-state index >= 15 is 0 Å². The molecule has 0 fully saturated rings. The van der Waals surface area contributed by atoms with E-state index in [9.17, 15) is 4.79 Å². The molecule has 0 bridgehead atoms. The number of para-hydroxylation sites is 1. The van der Waals surface area contributed by atoms with Crippen LogP contribution in [0, 0.1) is 0 Å². The van der Waals surface area contributed by atoms with E-state index < -0.39 is 5.91 Å². The standard InChI is InChI=1S/C11H11NO2.C10H9N3O/c1-13-9-6-5-8-4-3-7-12-10(8)11(9)14-2;11-7-4-6-2-1-3-8(10(12)14)9(6)13-5-7/h3-7H,1-2H3;1-5H,11H2,(H2,12,14). The van der Waals surface area contributed by atoms with E-state index in [1.807, 2.05) is 30.3 Å². The fourth-order valence-electron chi connectivity index (χ4n) is 2.83. The van der Waals surface area contributed by atoms with Crippen molar-refractivity contribution in [3.63, 3.8) is 0 Å². The molecule has 0 saturated heterocycles. The van der Waals surface area contributed by atoms with E-state index in [-0.39, 0.29) is 0 Å². The lowest BCUT2D eigenvalue weighted by atomic mass is 10.1. The van der Waals surface area contributed by atoms with Crippen LogP contribution in [0.25, 0.3) is 21.8 Å². The Balaban J connectivity index is 0.000000161. The van der Waals surface area contributed by atoms with Gasteiger partial charge in [0.1, 0.15) is 5.52 Å². The van der Waals surface area contributed by atoms with Gasteiger partial charge in [-0.25, -0.2) is 0 Å². The zero-order chi connectivity index (χ0) is 20.1. The molecule has 7 heteroatoms. The Morgan fingerprint density at radius 3 is 2.43 bits per heavy atom. The Bertz CT molecular complexity index is 1140. The summed E-state index contributed by atoms with van der Waals surface area (Å²) >= 11 is 0. The van der Waals surface area contributed by atoms with Gasteiger partial charge >= 0.3 is 0 Å². The van der Waals surface area contributed by atoms with E-state index in [0.717, 1.165) is 16.3 Å². The first-order valence-electron chi connectivity index (χ1n) is 8.45. The molecule has 0 radical (unpaired) electrons. The maximum atomic E-state index is 11.1. The number of aromatic nitrogens is 2. The summed E-state index contributed by atoms with van der Waals surface area (Å²) in [5.74, 6) is 0.914. The number of carbonyl (C=O) groups is 1. The number of anilines is 1. The van der Waals surface area contributed by atoms with E-state index in [0.29, 0.717) is 28.3 Å². The summed E-state index contributed by atoms with van der Waals surface area (Å²) in [6.07, 6.45) is 3.25. The molecule has 0 saturated carbocycles. The second kappa shape index (κ2) is 8.22. The highest BCUT2D eigenvalue weighted by Crippen LogP contribution is 2.33. The predicted octanol–water partition coefficient (Wildman–Crippen LogP) is 3.17. The van der Waals surface area contributed by atoms with Crippen molar-refractivity contribution in [3.05, 3.63) is 66.5 Å². The number of primary amides is 1. The second-order valence-corrected chi connectivity index (χ2v) is 5.89. The first-order valence-corrected chi connectivity index (χ1v) is 8.45. The molecule has 28 heavy (non-hydrogen) atoms. The average Bonchev–Trinajstić information content (AvgIpc) is 2.72. The Kier molecular flexibility index (Phi) is 5.55. The van der Waals surface area contributed by atoms with Gasteiger partial charge < -0.3 is 20.9 Å². The lowest BCUT2D eigenvalue weighted by Crippen LogP contribution is -2.11. The van der Waals surface area contributed by atoms with Crippen molar-refractivity contribution in [2.75, 3.05) is 20.0 Å². The maximum Gasteiger partial charge on any atom is 0.250 e.